The molecule has 0 aliphatic rings. The Hall–Kier alpha value is -1.31. The highest BCUT2D eigenvalue weighted by atomic mass is 127. The highest BCUT2D eigenvalue weighted by Crippen LogP contribution is 2.29. The van der Waals surface area contributed by atoms with Gasteiger partial charge in [0, 0.05) is 30.3 Å². The van der Waals surface area contributed by atoms with Crippen LogP contribution >= 0.6 is 23.2 Å². The molecule has 0 aliphatic carbocycles. The third-order valence-corrected chi connectivity index (χ3v) is 5.37. The van der Waals surface area contributed by atoms with Gasteiger partial charge >= 0.3 is 0 Å². The molecule has 0 saturated carbocycles. The van der Waals surface area contributed by atoms with Crippen molar-refractivity contribution in [1.82, 2.24) is 9.55 Å². The van der Waals surface area contributed by atoms with E-state index >= 15 is 0 Å². The van der Waals surface area contributed by atoms with Crippen molar-refractivity contribution in [3.63, 3.8) is 0 Å². The van der Waals surface area contributed by atoms with Crippen LogP contribution in [0.4, 0.5) is 11.5 Å². The number of anilines is 2. The molecule has 0 spiro atoms. The van der Waals surface area contributed by atoms with Gasteiger partial charge in [0.05, 0.1) is 23.7 Å². The van der Waals surface area contributed by atoms with E-state index in [1.165, 1.54) is 11.4 Å². The molecule has 0 radical (unpaired) electrons. The Kier molecular flexibility index (Phi) is 8.16. The molecule has 0 unspecified atom stereocenters. The number of aromatic nitrogens is 3. The van der Waals surface area contributed by atoms with Crippen LogP contribution < -0.4 is 33.9 Å². The third-order valence-electron chi connectivity index (χ3n) is 4.83. The molecule has 0 saturated heterocycles. The second kappa shape index (κ2) is 9.94. The predicted molar refractivity (Wildman–Crippen MR) is 113 cm³/mol. The number of pyridine rings is 1. The first-order valence-electron chi connectivity index (χ1n) is 9.30. The average Bonchev–Trinajstić information content (AvgIpc) is 2.95. The summed E-state index contributed by atoms with van der Waals surface area (Å²) >= 11 is 12.5. The Morgan fingerprint density at radius 3 is 2.32 bits per heavy atom. The minimum Gasteiger partial charge on any atom is -1.00 e. The summed E-state index contributed by atoms with van der Waals surface area (Å²) in [6.45, 7) is 10.5. The summed E-state index contributed by atoms with van der Waals surface area (Å²) < 4.78 is 4.69. The van der Waals surface area contributed by atoms with Crippen LogP contribution in [0.15, 0.2) is 36.5 Å². The molecule has 2 heterocycles. The molecule has 3 rings (SSSR count). The SMILES string of the molecule is CCc1c(C)n(CC)c(-c2cnc(Nc3ccc(Cl)cc3)c(Cl)c2)[n+]1CC.[I-]. The van der Waals surface area contributed by atoms with E-state index in [0.717, 1.165) is 36.6 Å². The molecule has 0 aliphatic heterocycles. The number of hydrogen-bond acceptors (Lipinski definition) is 2. The van der Waals surface area contributed by atoms with Gasteiger partial charge in [-0.2, -0.15) is 0 Å². The Labute approximate surface area is 193 Å². The summed E-state index contributed by atoms with van der Waals surface area (Å²) in [5.41, 5.74) is 4.57. The number of rotatable bonds is 6. The van der Waals surface area contributed by atoms with E-state index in [-0.39, 0.29) is 24.0 Å². The molecule has 3 aromatic rings. The highest BCUT2D eigenvalue weighted by molar-refractivity contribution is 6.33. The van der Waals surface area contributed by atoms with Gasteiger partial charge in [-0.25, -0.2) is 14.1 Å². The molecule has 0 amide bonds. The fourth-order valence-corrected chi connectivity index (χ4v) is 3.93. The van der Waals surface area contributed by atoms with E-state index in [2.05, 4.69) is 47.1 Å². The molecule has 0 atom stereocenters. The number of nitrogens with one attached hydrogen (secondary N) is 1. The minimum absolute atomic E-state index is 0. The van der Waals surface area contributed by atoms with Gasteiger partial charge in [-0.15, -0.1) is 0 Å². The first kappa shape index (κ1) is 23.0. The van der Waals surface area contributed by atoms with Crippen LogP contribution in [0, 0.1) is 6.92 Å². The van der Waals surface area contributed by atoms with Crippen LogP contribution in [0.2, 0.25) is 10.0 Å². The summed E-state index contributed by atoms with van der Waals surface area (Å²) in [5, 5.41) is 4.53. The van der Waals surface area contributed by atoms with E-state index in [4.69, 9.17) is 23.2 Å². The second-order valence-electron chi connectivity index (χ2n) is 6.38. The summed E-state index contributed by atoms with van der Waals surface area (Å²) in [6, 6.07) is 9.45. The largest absolute Gasteiger partial charge is 1.00 e. The molecule has 1 aromatic carbocycles. The van der Waals surface area contributed by atoms with E-state index in [1.807, 2.05) is 36.5 Å². The Morgan fingerprint density at radius 1 is 1.11 bits per heavy atom. The first-order valence-corrected chi connectivity index (χ1v) is 10.1. The smallest absolute Gasteiger partial charge is 0.290 e. The zero-order valence-corrected chi connectivity index (χ0v) is 20.2. The van der Waals surface area contributed by atoms with Gasteiger partial charge in [0.2, 0.25) is 0 Å². The van der Waals surface area contributed by atoms with Gasteiger partial charge in [0.15, 0.2) is 0 Å². The molecular formula is C21H25Cl2IN4. The van der Waals surface area contributed by atoms with Crippen LogP contribution in [0.25, 0.3) is 11.4 Å². The Bertz CT molecular complexity index is 952. The van der Waals surface area contributed by atoms with E-state index in [1.54, 1.807) is 0 Å². The molecule has 0 fully saturated rings. The summed E-state index contributed by atoms with van der Waals surface area (Å²) in [7, 11) is 0. The van der Waals surface area contributed by atoms with E-state index in [0.29, 0.717) is 15.9 Å². The molecule has 150 valence electrons. The topological polar surface area (TPSA) is 33.7 Å². The van der Waals surface area contributed by atoms with Gasteiger partial charge in [-0.1, -0.05) is 30.1 Å². The fraction of sp³-hybridized carbons (Fsp3) is 0.333. The Morgan fingerprint density at radius 2 is 1.79 bits per heavy atom. The number of imidazole rings is 1. The van der Waals surface area contributed by atoms with E-state index in [9.17, 15) is 0 Å². The summed E-state index contributed by atoms with van der Waals surface area (Å²) in [6.07, 6.45) is 2.88. The quantitative estimate of drug-likeness (QED) is 0.393. The summed E-state index contributed by atoms with van der Waals surface area (Å²) in [4.78, 5) is 4.59. The molecule has 2 aromatic heterocycles. The molecule has 1 N–H and O–H groups in total. The normalized spacial score (nSPS) is 10.6. The molecule has 0 bridgehead atoms. The zero-order chi connectivity index (χ0) is 19.6. The molecular weight excluding hydrogens is 506 g/mol. The van der Waals surface area contributed by atoms with Crippen molar-refractivity contribution in [1.29, 1.82) is 0 Å². The highest BCUT2D eigenvalue weighted by Gasteiger charge is 2.27. The lowest BCUT2D eigenvalue weighted by Gasteiger charge is -2.09. The maximum absolute atomic E-state index is 6.56. The van der Waals surface area contributed by atoms with Gasteiger partial charge < -0.3 is 29.3 Å². The van der Waals surface area contributed by atoms with Gasteiger partial charge in [-0.05, 0) is 44.2 Å². The fourth-order valence-electron chi connectivity index (χ4n) is 3.59. The van der Waals surface area contributed by atoms with Crippen LogP contribution in [-0.4, -0.2) is 9.55 Å². The van der Waals surface area contributed by atoms with Crippen LogP contribution in [-0.2, 0) is 19.5 Å². The zero-order valence-electron chi connectivity index (χ0n) is 16.6. The van der Waals surface area contributed by atoms with Crippen LogP contribution in [0.5, 0.6) is 0 Å². The first-order chi connectivity index (χ1) is 13.0. The summed E-state index contributed by atoms with van der Waals surface area (Å²) in [5.74, 6) is 1.79. The van der Waals surface area contributed by atoms with Crippen molar-refractivity contribution in [3.8, 4) is 11.4 Å². The minimum atomic E-state index is 0. The number of halogens is 3. The van der Waals surface area contributed by atoms with Crippen molar-refractivity contribution in [2.75, 3.05) is 5.32 Å². The molecule has 28 heavy (non-hydrogen) atoms. The number of nitrogens with zero attached hydrogens (tertiary/aromatic N) is 3. The molecule has 7 heteroatoms. The maximum atomic E-state index is 6.56. The van der Waals surface area contributed by atoms with Crippen LogP contribution in [0.1, 0.15) is 32.2 Å². The lowest BCUT2D eigenvalue weighted by molar-refractivity contribution is -0.689. The lowest BCUT2D eigenvalue weighted by Crippen LogP contribution is -3.00. The average molecular weight is 531 g/mol. The standard InChI is InChI=1S/C21H24Cl2N4.HI/c1-5-19-14(4)26(6-2)21(27(19)7-3)15-12-18(23)20(24-13-15)25-17-10-8-16(22)9-11-17;/h8-13H,5-7H2,1-4H3;1H. The lowest BCUT2D eigenvalue weighted by atomic mass is 10.2. The van der Waals surface area contributed by atoms with E-state index < -0.39 is 0 Å². The van der Waals surface area contributed by atoms with Gasteiger partial charge in [-0.3, -0.25) is 0 Å². The maximum Gasteiger partial charge on any atom is 0.290 e. The third kappa shape index (κ3) is 4.47. The van der Waals surface area contributed by atoms with Crippen molar-refractivity contribution in [2.45, 2.75) is 47.2 Å². The van der Waals surface area contributed by atoms with Gasteiger partial charge in [0.25, 0.3) is 5.82 Å². The monoisotopic (exact) mass is 530 g/mol. The van der Waals surface area contributed by atoms with Crippen molar-refractivity contribution < 1.29 is 28.5 Å². The van der Waals surface area contributed by atoms with Crippen LogP contribution in [0.3, 0.4) is 0 Å². The van der Waals surface area contributed by atoms with Gasteiger partial charge in [0.1, 0.15) is 17.2 Å². The number of hydrogen-bond donors (Lipinski definition) is 1. The predicted octanol–water partition coefficient (Wildman–Crippen LogP) is 2.80. The Balaban J connectivity index is 0.00000280. The van der Waals surface area contributed by atoms with Crippen molar-refractivity contribution in [3.05, 3.63) is 58.0 Å². The second-order valence-corrected chi connectivity index (χ2v) is 7.23. The number of benzene rings is 1. The van der Waals surface area contributed by atoms with Crippen molar-refractivity contribution in [2.24, 2.45) is 0 Å². The molecule has 4 nitrogen and oxygen atoms in total. The van der Waals surface area contributed by atoms with Crippen molar-refractivity contribution >= 4 is 34.7 Å².